The molecule has 0 spiro atoms. The summed E-state index contributed by atoms with van der Waals surface area (Å²) in [5.74, 6) is 0. The second-order valence-electron chi connectivity index (χ2n) is 15.7. The van der Waals surface area contributed by atoms with E-state index >= 15 is 0 Å². The number of para-hydroxylation sites is 3. The molecule has 11 aromatic rings. The highest BCUT2D eigenvalue weighted by molar-refractivity contribution is 6.09. The number of nitrogens with zero attached hydrogens (tertiary/aromatic N) is 2. The Kier molecular flexibility index (Phi) is 9.57. The zero-order valence-electron chi connectivity index (χ0n) is 34.1. The van der Waals surface area contributed by atoms with Crippen molar-refractivity contribution in [1.29, 1.82) is 0 Å². The molecule has 1 aromatic heterocycles. The number of anilines is 3. The topological polar surface area (TPSA) is 8.17 Å². The highest BCUT2D eigenvalue weighted by Gasteiger charge is 2.24. The van der Waals surface area contributed by atoms with Gasteiger partial charge >= 0.3 is 0 Å². The monoisotopic (exact) mass is 790 g/mol. The lowest BCUT2D eigenvalue weighted by atomic mass is 9.87. The Labute approximate surface area is 362 Å². The predicted molar refractivity (Wildman–Crippen MR) is 263 cm³/mol. The Morgan fingerprint density at radius 3 is 1.27 bits per heavy atom. The van der Waals surface area contributed by atoms with Gasteiger partial charge in [-0.3, -0.25) is 0 Å². The molecular weight excluding hydrogens is 749 g/mol. The van der Waals surface area contributed by atoms with Crippen molar-refractivity contribution >= 4 is 38.9 Å². The maximum absolute atomic E-state index is 2.46. The summed E-state index contributed by atoms with van der Waals surface area (Å²) in [7, 11) is 0. The third-order valence-corrected chi connectivity index (χ3v) is 12.0. The quantitative estimate of drug-likeness (QED) is 0.141. The van der Waals surface area contributed by atoms with Gasteiger partial charge in [0.2, 0.25) is 0 Å². The second-order valence-corrected chi connectivity index (χ2v) is 15.7. The molecule has 0 bridgehead atoms. The van der Waals surface area contributed by atoms with Gasteiger partial charge in [-0.2, -0.15) is 0 Å². The molecule has 11 rings (SSSR count). The lowest BCUT2D eigenvalue weighted by Crippen LogP contribution is -2.13. The molecule has 0 saturated carbocycles. The minimum Gasteiger partial charge on any atom is -0.309 e. The van der Waals surface area contributed by atoms with Gasteiger partial charge in [-0.05, 0) is 93.0 Å². The van der Waals surface area contributed by atoms with Crippen LogP contribution in [-0.2, 0) is 0 Å². The SMILES string of the molecule is c1ccc(-c2ccccc2-c2c(-c3ccccc3)cccc2N(c2ccc(-c3ccc(-n4c5ccccc5c5ccccc54)cc3)cc2)c2ccccc2-c2ccccc2)cc1. The van der Waals surface area contributed by atoms with E-state index in [1.807, 2.05) is 0 Å². The van der Waals surface area contributed by atoms with Crippen molar-refractivity contribution in [2.45, 2.75) is 0 Å². The summed E-state index contributed by atoms with van der Waals surface area (Å²) in [5, 5.41) is 2.53. The first kappa shape index (κ1) is 36.8. The van der Waals surface area contributed by atoms with Gasteiger partial charge in [-0.15, -0.1) is 0 Å². The van der Waals surface area contributed by atoms with Crippen LogP contribution in [0.15, 0.2) is 255 Å². The molecule has 62 heavy (non-hydrogen) atoms. The van der Waals surface area contributed by atoms with E-state index in [9.17, 15) is 0 Å². The third-order valence-electron chi connectivity index (χ3n) is 12.0. The molecule has 0 atom stereocenters. The number of benzene rings is 10. The van der Waals surface area contributed by atoms with Gasteiger partial charge in [-0.25, -0.2) is 0 Å². The van der Waals surface area contributed by atoms with Crippen molar-refractivity contribution in [2.24, 2.45) is 0 Å². The minimum atomic E-state index is 1.07. The van der Waals surface area contributed by atoms with Crippen molar-refractivity contribution in [2.75, 3.05) is 4.90 Å². The maximum Gasteiger partial charge on any atom is 0.0546 e. The Morgan fingerprint density at radius 1 is 0.258 bits per heavy atom. The van der Waals surface area contributed by atoms with Crippen molar-refractivity contribution in [1.82, 2.24) is 4.57 Å². The highest BCUT2D eigenvalue weighted by atomic mass is 15.1. The van der Waals surface area contributed by atoms with Crippen molar-refractivity contribution in [3.8, 4) is 61.3 Å². The summed E-state index contributed by atoms with van der Waals surface area (Å²) in [4.78, 5) is 2.46. The molecule has 0 aliphatic carbocycles. The van der Waals surface area contributed by atoms with Gasteiger partial charge in [0.15, 0.2) is 0 Å². The smallest absolute Gasteiger partial charge is 0.0546 e. The zero-order chi connectivity index (χ0) is 41.2. The first-order valence-corrected chi connectivity index (χ1v) is 21.3. The minimum absolute atomic E-state index is 1.07. The van der Waals surface area contributed by atoms with Gasteiger partial charge in [0.1, 0.15) is 0 Å². The van der Waals surface area contributed by atoms with E-state index in [-0.39, 0.29) is 0 Å². The van der Waals surface area contributed by atoms with Gasteiger partial charge in [0.05, 0.1) is 22.4 Å². The van der Waals surface area contributed by atoms with Crippen LogP contribution in [0.4, 0.5) is 17.1 Å². The van der Waals surface area contributed by atoms with Gasteiger partial charge in [0.25, 0.3) is 0 Å². The fourth-order valence-electron chi connectivity index (χ4n) is 9.18. The molecule has 10 aromatic carbocycles. The summed E-state index contributed by atoms with van der Waals surface area (Å²) in [6, 6.07) is 92.1. The molecule has 0 fully saturated rings. The first-order valence-electron chi connectivity index (χ1n) is 21.3. The van der Waals surface area contributed by atoms with E-state index in [0.29, 0.717) is 0 Å². The molecule has 0 N–H and O–H groups in total. The van der Waals surface area contributed by atoms with Crippen LogP contribution in [0, 0.1) is 0 Å². The molecule has 0 amide bonds. The average Bonchev–Trinajstić information content (AvgIpc) is 3.70. The molecule has 0 aliphatic rings. The summed E-state index contributed by atoms with van der Waals surface area (Å²) < 4.78 is 2.37. The van der Waals surface area contributed by atoms with Crippen molar-refractivity contribution < 1.29 is 0 Å². The van der Waals surface area contributed by atoms with Gasteiger partial charge in [0, 0.05) is 33.3 Å². The summed E-state index contributed by atoms with van der Waals surface area (Å²) in [5.41, 5.74) is 18.6. The first-order chi connectivity index (χ1) is 30.8. The van der Waals surface area contributed by atoms with Crippen LogP contribution >= 0.6 is 0 Å². The zero-order valence-corrected chi connectivity index (χ0v) is 34.1. The van der Waals surface area contributed by atoms with E-state index < -0.39 is 0 Å². The fraction of sp³-hybridized carbons (Fsp3) is 0. The van der Waals surface area contributed by atoms with E-state index in [4.69, 9.17) is 0 Å². The Hall–Kier alpha value is -8.20. The summed E-state index contributed by atoms with van der Waals surface area (Å²) in [6.07, 6.45) is 0. The van der Waals surface area contributed by atoms with Gasteiger partial charge < -0.3 is 9.47 Å². The molecule has 1 heterocycles. The van der Waals surface area contributed by atoms with Crippen LogP contribution in [0.2, 0.25) is 0 Å². The molecule has 0 unspecified atom stereocenters. The van der Waals surface area contributed by atoms with E-state index in [0.717, 1.165) is 33.9 Å². The largest absolute Gasteiger partial charge is 0.309 e. The second kappa shape index (κ2) is 16.1. The Bertz CT molecular complexity index is 3260. The standard InChI is InChI=1S/C60H42N2/c1-4-19-45(20-5-1)50-25-10-11-29-55(50)60-52(47-23-8-3-9-24-47)30-18-34-59(60)62(56-31-15-12-26-51(56)46-21-6-2-7-22-46)49-41-37-44(38-42-49)43-35-39-48(40-36-43)61-57-32-16-13-27-53(57)54-28-14-17-33-58(54)61/h1-42H. The lowest BCUT2D eigenvalue weighted by Gasteiger charge is -2.31. The summed E-state index contributed by atoms with van der Waals surface area (Å²) in [6.45, 7) is 0. The van der Waals surface area contributed by atoms with Crippen LogP contribution in [0.1, 0.15) is 0 Å². The fourth-order valence-corrected chi connectivity index (χ4v) is 9.18. The average molecular weight is 791 g/mol. The molecule has 0 saturated heterocycles. The predicted octanol–water partition coefficient (Wildman–Crippen LogP) is 16.6. The number of hydrogen-bond donors (Lipinski definition) is 0. The van der Waals surface area contributed by atoms with Crippen molar-refractivity contribution in [3.63, 3.8) is 0 Å². The third kappa shape index (κ3) is 6.65. The number of aromatic nitrogens is 1. The molecule has 2 nitrogen and oxygen atoms in total. The number of hydrogen-bond acceptors (Lipinski definition) is 1. The molecular formula is C60H42N2. The highest BCUT2D eigenvalue weighted by Crippen LogP contribution is 2.50. The number of fused-ring (bicyclic) bond motifs is 3. The molecule has 292 valence electrons. The van der Waals surface area contributed by atoms with Crippen LogP contribution in [0.25, 0.3) is 83.1 Å². The lowest BCUT2D eigenvalue weighted by molar-refractivity contribution is 1.18. The number of rotatable bonds is 9. The van der Waals surface area contributed by atoms with E-state index in [1.165, 1.54) is 66.3 Å². The van der Waals surface area contributed by atoms with Crippen LogP contribution in [0.5, 0.6) is 0 Å². The normalized spacial score (nSPS) is 11.2. The summed E-state index contributed by atoms with van der Waals surface area (Å²) >= 11 is 0. The maximum atomic E-state index is 2.46. The van der Waals surface area contributed by atoms with Crippen LogP contribution < -0.4 is 4.90 Å². The van der Waals surface area contributed by atoms with Crippen LogP contribution in [0.3, 0.4) is 0 Å². The van der Waals surface area contributed by atoms with Gasteiger partial charge in [-0.1, -0.05) is 206 Å². The van der Waals surface area contributed by atoms with E-state index in [1.54, 1.807) is 0 Å². The van der Waals surface area contributed by atoms with E-state index in [2.05, 4.69) is 264 Å². The molecule has 0 radical (unpaired) electrons. The Balaban J connectivity index is 1.08. The Morgan fingerprint density at radius 2 is 0.677 bits per heavy atom. The van der Waals surface area contributed by atoms with Crippen molar-refractivity contribution in [3.05, 3.63) is 255 Å². The molecule has 0 aliphatic heterocycles. The molecule has 2 heteroatoms. The van der Waals surface area contributed by atoms with Crippen LogP contribution in [-0.4, -0.2) is 4.57 Å².